The highest BCUT2D eigenvalue weighted by molar-refractivity contribution is 7.99. The molecular formula is C13H21N3OS. The molecule has 0 atom stereocenters. The molecule has 1 aliphatic rings. The summed E-state index contributed by atoms with van der Waals surface area (Å²) in [6.07, 6.45) is 7.22. The maximum Gasteiger partial charge on any atom is 0.187 e. The van der Waals surface area contributed by atoms with Crippen LogP contribution in [0.15, 0.2) is 17.6 Å². The molecule has 1 N–H and O–H groups in total. The van der Waals surface area contributed by atoms with Crippen LogP contribution in [0.3, 0.4) is 0 Å². The van der Waals surface area contributed by atoms with E-state index >= 15 is 0 Å². The summed E-state index contributed by atoms with van der Waals surface area (Å²) in [5, 5.41) is 4.85. The summed E-state index contributed by atoms with van der Waals surface area (Å²) in [7, 11) is 0. The number of rotatable bonds is 6. The predicted molar refractivity (Wildman–Crippen MR) is 73.7 cm³/mol. The van der Waals surface area contributed by atoms with E-state index < -0.39 is 0 Å². The van der Waals surface area contributed by atoms with Gasteiger partial charge < -0.3 is 10.1 Å². The molecule has 100 valence electrons. The molecule has 0 aromatic carbocycles. The van der Waals surface area contributed by atoms with E-state index in [4.69, 9.17) is 4.74 Å². The lowest BCUT2D eigenvalue weighted by molar-refractivity contribution is 0.1000. The van der Waals surface area contributed by atoms with E-state index in [1.54, 1.807) is 11.8 Å². The maximum atomic E-state index is 5.35. The zero-order valence-corrected chi connectivity index (χ0v) is 11.7. The van der Waals surface area contributed by atoms with E-state index in [0.717, 1.165) is 56.3 Å². The molecule has 1 aromatic heterocycles. The van der Waals surface area contributed by atoms with Gasteiger partial charge in [0, 0.05) is 43.0 Å². The van der Waals surface area contributed by atoms with Gasteiger partial charge >= 0.3 is 0 Å². The SMILES string of the molecule is CCCNCc1cnc(SC2CCOCC2)nc1. The minimum absolute atomic E-state index is 0.614. The monoisotopic (exact) mass is 267 g/mol. The molecule has 1 aliphatic heterocycles. The van der Waals surface area contributed by atoms with Crippen LogP contribution in [-0.4, -0.2) is 35.0 Å². The summed E-state index contributed by atoms with van der Waals surface area (Å²) in [5.41, 5.74) is 1.15. The highest BCUT2D eigenvalue weighted by Gasteiger charge is 2.16. The number of nitrogens with one attached hydrogen (secondary N) is 1. The molecule has 2 rings (SSSR count). The van der Waals surface area contributed by atoms with Crippen LogP contribution in [0, 0.1) is 0 Å². The van der Waals surface area contributed by atoms with Crippen LogP contribution in [0.2, 0.25) is 0 Å². The van der Waals surface area contributed by atoms with Crippen molar-refractivity contribution in [1.82, 2.24) is 15.3 Å². The van der Waals surface area contributed by atoms with Crippen LogP contribution in [0.5, 0.6) is 0 Å². The van der Waals surface area contributed by atoms with Gasteiger partial charge in [0.05, 0.1) is 0 Å². The zero-order valence-electron chi connectivity index (χ0n) is 10.9. The zero-order chi connectivity index (χ0) is 12.6. The number of aromatic nitrogens is 2. The molecule has 0 spiro atoms. The maximum absolute atomic E-state index is 5.35. The van der Waals surface area contributed by atoms with Crippen molar-refractivity contribution in [2.75, 3.05) is 19.8 Å². The lowest BCUT2D eigenvalue weighted by Gasteiger charge is -2.20. The van der Waals surface area contributed by atoms with Crippen molar-refractivity contribution >= 4 is 11.8 Å². The summed E-state index contributed by atoms with van der Waals surface area (Å²) in [6, 6.07) is 0. The first kappa shape index (κ1) is 13.8. The molecule has 0 unspecified atom stereocenters. The molecular weight excluding hydrogens is 246 g/mol. The summed E-state index contributed by atoms with van der Waals surface area (Å²) in [5.74, 6) is 0. The first-order valence-corrected chi connectivity index (χ1v) is 7.52. The number of thioether (sulfide) groups is 1. The van der Waals surface area contributed by atoms with Crippen molar-refractivity contribution in [2.24, 2.45) is 0 Å². The number of hydrogen-bond donors (Lipinski definition) is 1. The Balaban J connectivity index is 1.79. The fourth-order valence-corrected chi connectivity index (χ4v) is 2.80. The second-order valence-corrected chi connectivity index (χ2v) is 5.75. The minimum Gasteiger partial charge on any atom is -0.381 e. The Kier molecular flexibility index (Phi) is 5.90. The first-order chi connectivity index (χ1) is 8.88. The minimum atomic E-state index is 0.614. The first-order valence-electron chi connectivity index (χ1n) is 6.64. The van der Waals surface area contributed by atoms with Gasteiger partial charge in [-0.05, 0) is 25.8 Å². The molecule has 0 saturated carbocycles. The number of ether oxygens (including phenoxy) is 1. The molecule has 5 heteroatoms. The lowest BCUT2D eigenvalue weighted by Crippen LogP contribution is -2.18. The molecule has 0 radical (unpaired) electrons. The smallest absolute Gasteiger partial charge is 0.187 e. The van der Waals surface area contributed by atoms with Gasteiger partial charge in [-0.25, -0.2) is 9.97 Å². The number of nitrogens with zero attached hydrogens (tertiary/aromatic N) is 2. The molecule has 2 heterocycles. The predicted octanol–water partition coefficient (Wildman–Crippen LogP) is 2.25. The molecule has 0 amide bonds. The Morgan fingerprint density at radius 2 is 2.06 bits per heavy atom. The normalized spacial score (nSPS) is 16.9. The van der Waals surface area contributed by atoms with Crippen molar-refractivity contribution in [1.29, 1.82) is 0 Å². The van der Waals surface area contributed by atoms with Crippen LogP contribution < -0.4 is 5.32 Å². The van der Waals surface area contributed by atoms with Crippen LogP contribution >= 0.6 is 11.8 Å². The van der Waals surface area contributed by atoms with Crippen LogP contribution in [0.1, 0.15) is 31.7 Å². The van der Waals surface area contributed by atoms with E-state index in [0.29, 0.717) is 5.25 Å². The van der Waals surface area contributed by atoms with Crippen molar-refractivity contribution in [2.45, 2.75) is 43.1 Å². The van der Waals surface area contributed by atoms with Gasteiger partial charge in [0.15, 0.2) is 5.16 Å². The fourth-order valence-electron chi connectivity index (χ4n) is 1.85. The third kappa shape index (κ3) is 4.55. The van der Waals surface area contributed by atoms with Gasteiger partial charge in [0.25, 0.3) is 0 Å². The highest BCUT2D eigenvalue weighted by atomic mass is 32.2. The fraction of sp³-hybridized carbons (Fsp3) is 0.692. The Bertz CT molecular complexity index is 339. The Hall–Kier alpha value is -0.650. The Morgan fingerprint density at radius 3 is 2.72 bits per heavy atom. The third-order valence-electron chi connectivity index (χ3n) is 2.88. The third-order valence-corrected chi connectivity index (χ3v) is 4.10. The van der Waals surface area contributed by atoms with Crippen LogP contribution in [0.4, 0.5) is 0 Å². The van der Waals surface area contributed by atoms with E-state index in [1.807, 2.05) is 12.4 Å². The second kappa shape index (κ2) is 7.71. The average Bonchev–Trinajstić information content (AvgIpc) is 2.42. The van der Waals surface area contributed by atoms with Crippen molar-refractivity contribution < 1.29 is 4.74 Å². The van der Waals surface area contributed by atoms with Gasteiger partial charge in [0.2, 0.25) is 0 Å². The summed E-state index contributed by atoms with van der Waals surface area (Å²) in [4.78, 5) is 8.85. The van der Waals surface area contributed by atoms with Gasteiger partial charge in [0.1, 0.15) is 0 Å². The Morgan fingerprint density at radius 1 is 1.33 bits per heavy atom. The molecule has 0 bridgehead atoms. The van der Waals surface area contributed by atoms with Crippen molar-refractivity contribution in [3.63, 3.8) is 0 Å². The second-order valence-electron chi connectivity index (χ2n) is 4.48. The quantitative estimate of drug-likeness (QED) is 0.633. The van der Waals surface area contributed by atoms with E-state index in [9.17, 15) is 0 Å². The van der Waals surface area contributed by atoms with E-state index in [2.05, 4.69) is 22.2 Å². The molecule has 18 heavy (non-hydrogen) atoms. The summed E-state index contributed by atoms with van der Waals surface area (Å²) in [6.45, 7) is 5.80. The van der Waals surface area contributed by atoms with Gasteiger partial charge in [-0.3, -0.25) is 0 Å². The largest absolute Gasteiger partial charge is 0.381 e. The lowest BCUT2D eigenvalue weighted by atomic mass is 10.2. The molecule has 4 nitrogen and oxygen atoms in total. The average molecular weight is 267 g/mol. The highest BCUT2D eigenvalue weighted by Crippen LogP contribution is 2.26. The van der Waals surface area contributed by atoms with E-state index in [-0.39, 0.29) is 0 Å². The van der Waals surface area contributed by atoms with E-state index in [1.165, 1.54) is 0 Å². The Labute approximate surface area is 113 Å². The topological polar surface area (TPSA) is 47.0 Å². The molecule has 0 aliphatic carbocycles. The molecule has 1 fully saturated rings. The summed E-state index contributed by atoms with van der Waals surface area (Å²) < 4.78 is 5.35. The van der Waals surface area contributed by atoms with Crippen molar-refractivity contribution in [3.8, 4) is 0 Å². The van der Waals surface area contributed by atoms with Gasteiger partial charge in [-0.15, -0.1) is 0 Å². The van der Waals surface area contributed by atoms with Crippen molar-refractivity contribution in [3.05, 3.63) is 18.0 Å². The standard InChI is InChI=1S/C13H21N3OS/c1-2-5-14-8-11-9-15-13(16-10-11)18-12-3-6-17-7-4-12/h9-10,12,14H,2-8H2,1H3. The van der Waals surface area contributed by atoms with Gasteiger partial charge in [-0.2, -0.15) is 0 Å². The number of hydrogen-bond acceptors (Lipinski definition) is 5. The molecule has 1 saturated heterocycles. The van der Waals surface area contributed by atoms with Crippen LogP contribution in [0.25, 0.3) is 0 Å². The summed E-state index contributed by atoms with van der Waals surface area (Å²) >= 11 is 1.78. The molecule has 1 aromatic rings. The van der Waals surface area contributed by atoms with Crippen LogP contribution in [-0.2, 0) is 11.3 Å². The van der Waals surface area contributed by atoms with Gasteiger partial charge in [-0.1, -0.05) is 18.7 Å².